The highest BCUT2D eigenvalue weighted by atomic mass is 16.5. The highest BCUT2D eigenvalue weighted by Gasteiger charge is 2.34. The maximum atomic E-state index is 12.0. The summed E-state index contributed by atoms with van der Waals surface area (Å²) in [7, 11) is 0. The van der Waals surface area contributed by atoms with Crippen LogP contribution in [-0.2, 0) is 0 Å². The average molecular weight is 248 g/mol. The van der Waals surface area contributed by atoms with E-state index in [0.29, 0.717) is 18.1 Å². The Morgan fingerprint density at radius 3 is 2.94 bits per heavy atom. The normalized spacial score (nSPS) is 16.7. The number of phenolic OH excluding ortho intramolecular Hbond substituents is 1. The fourth-order valence-corrected chi connectivity index (χ4v) is 1.98. The number of hydrogen-bond donors (Lipinski definition) is 1. The van der Waals surface area contributed by atoms with Crippen molar-refractivity contribution < 1.29 is 19.4 Å². The van der Waals surface area contributed by atoms with Gasteiger partial charge in [0.2, 0.25) is 0 Å². The van der Waals surface area contributed by atoms with Gasteiger partial charge in [0.15, 0.2) is 5.78 Å². The molecule has 0 aromatic heterocycles. The van der Waals surface area contributed by atoms with Crippen molar-refractivity contribution in [1.29, 1.82) is 0 Å². The fourth-order valence-electron chi connectivity index (χ4n) is 1.98. The highest BCUT2D eigenvalue weighted by Crippen LogP contribution is 2.40. The Bertz CT molecular complexity index is 503. The van der Waals surface area contributed by atoms with Gasteiger partial charge >= 0.3 is 0 Å². The summed E-state index contributed by atoms with van der Waals surface area (Å²) in [5, 5.41) is 9.87. The van der Waals surface area contributed by atoms with Crippen LogP contribution >= 0.6 is 0 Å². The summed E-state index contributed by atoms with van der Waals surface area (Å²) in [6.07, 6.45) is 1.85. The first-order valence-corrected chi connectivity index (χ1v) is 5.76. The predicted molar refractivity (Wildman–Crippen MR) is 67.5 cm³/mol. The molecule has 1 aromatic carbocycles. The van der Waals surface area contributed by atoms with Gasteiger partial charge in [0.25, 0.3) is 0 Å². The number of Topliss-reactive ketones (excluding diaryl/α,β-unsaturated/α-hetero) is 1. The molecule has 0 amide bonds. The van der Waals surface area contributed by atoms with E-state index in [4.69, 9.17) is 9.47 Å². The lowest BCUT2D eigenvalue weighted by Gasteiger charge is -2.32. The summed E-state index contributed by atoms with van der Waals surface area (Å²) in [5.41, 5.74) is -0.326. The minimum Gasteiger partial charge on any atom is -0.507 e. The summed E-state index contributed by atoms with van der Waals surface area (Å²) in [6, 6.07) is 3.04. The van der Waals surface area contributed by atoms with Crippen molar-refractivity contribution in [3.63, 3.8) is 0 Å². The van der Waals surface area contributed by atoms with Gasteiger partial charge in [-0.2, -0.15) is 0 Å². The summed E-state index contributed by atoms with van der Waals surface area (Å²) in [6.45, 7) is 7.55. The van der Waals surface area contributed by atoms with Crippen molar-refractivity contribution in [2.45, 2.75) is 25.9 Å². The third kappa shape index (κ3) is 2.32. The van der Waals surface area contributed by atoms with Crippen LogP contribution in [0.4, 0.5) is 0 Å². The van der Waals surface area contributed by atoms with Crippen molar-refractivity contribution in [3.05, 3.63) is 30.4 Å². The van der Waals surface area contributed by atoms with Gasteiger partial charge in [-0.3, -0.25) is 4.79 Å². The summed E-state index contributed by atoms with van der Waals surface area (Å²) in [5.74, 6) is 0.605. The number of phenols is 1. The van der Waals surface area contributed by atoms with E-state index in [9.17, 15) is 9.90 Å². The van der Waals surface area contributed by atoms with Gasteiger partial charge in [-0.05, 0) is 13.8 Å². The van der Waals surface area contributed by atoms with Crippen molar-refractivity contribution >= 4 is 5.78 Å². The minimum absolute atomic E-state index is 0.105. The molecule has 0 bridgehead atoms. The largest absolute Gasteiger partial charge is 0.507 e. The van der Waals surface area contributed by atoms with Gasteiger partial charge in [-0.25, -0.2) is 0 Å². The number of rotatable bonds is 3. The molecule has 0 saturated carbocycles. The van der Waals surface area contributed by atoms with E-state index >= 15 is 0 Å². The highest BCUT2D eigenvalue weighted by molar-refractivity contribution is 6.03. The topological polar surface area (TPSA) is 55.8 Å². The molecule has 0 atom stereocenters. The maximum Gasteiger partial charge on any atom is 0.174 e. The number of benzene rings is 1. The number of aromatic hydroxyl groups is 1. The van der Waals surface area contributed by atoms with E-state index in [1.54, 1.807) is 12.1 Å². The molecule has 1 aliphatic heterocycles. The van der Waals surface area contributed by atoms with E-state index in [1.807, 2.05) is 13.8 Å². The van der Waals surface area contributed by atoms with E-state index < -0.39 is 5.60 Å². The number of ketones is 1. The molecule has 96 valence electrons. The van der Waals surface area contributed by atoms with Crippen molar-refractivity contribution in [3.8, 4) is 17.2 Å². The monoisotopic (exact) mass is 248 g/mol. The number of carbonyl (C=O) groups is 1. The van der Waals surface area contributed by atoms with E-state index in [2.05, 4.69) is 6.58 Å². The molecule has 0 saturated heterocycles. The first-order valence-electron chi connectivity index (χ1n) is 5.76. The Hall–Kier alpha value is -1.97. The second-order valence-corrected chi connectivity index (χ2v) is 4.88. The zero-order chi connectivity index (χ0) is 13.3. The number of hydrogen-bond acceptors (Lipinski definition) is 4. The molecule has 4 nitrogen and oxygen atoms in total. The third-order valence-electron chi connectivity index (χ3n) is 2.67. The minimum atomic E-state index is -0.562. The van der Waals surface area contributed by atoms with Gasteiger partial charge in [0, 0.05) is 12.1 Å². The van der Waals surface area contributed by atoms with Crippen LogP contribution < -0.4 is 9.47 Å². The van der Waals surface area contributed by atoms with Crippen LogP contribution in [0, 0.1) is 0 Å². The van der Waals surface area contributed by atoms with E-state index in [0.717, 1.165) is 0 Å². The molecule has 0 fully saturated rings. The molecule has 2 rings (SSSR count). The van der Waals surface area contributed by atoms with Crippen molar-refractivity contribution in [2.75, 3.05) is 6.61 Å². The van der Waals surface area contributed by atoms with Gasteiger partial charge in [0.05, 0.1) is 6.42 Å². The molecule has 1 heterocycles. The lowest BCUT2D eigenvalue weighted by atomic mass is 9.92. The molecule has 18 heavy (non-hydrogen) atoms. The van der Waals surface area contributed by atoms with Crippen LogP contribution in [0.2, 0.25) is 0 Å². The van der Waals surface area contributed by atoms with Crippen LogP contribution in [0.15, 0.2) is 24.8 Å². The molecule has 1 aliphatic rings. The SMILES string of the molecule is C=CCOc1cc(O)c2c(c1)OC(C)(C)CC2=O. The Morgan fingerprint density at radius 1 is 1.56 bits per heavy atom. The molecular weight excluding hydrogens is 232 g/mol. The second kappa shape index (κ2) is 4.37. The zero-order valence-electron chi connectivity index (χ0n) is 10.5. The summed E-state index contributed by atoms with van der Waals surface area (Å²) in [4.78, 5) is 12.0. The fraction of sp³-hybridized carbons (Fsp3) is 0.357. The Kier molecular flexibility index (Phi) is 3.03. The predicted octanol–water partition coefficient (Wildman–Crippen LogP) is 2.70. The van der Waals surface area contributed by atoms with Crippen LogP contribution in [0.25, 0.3) is 0 Å². The first-order chi connectivity index (χ1) is 8.43. The molecule has 0 radical (unpaired) electrons. The molecule has 1 N–H and O–H groups in total. The zero-order valence-corrected chi connectivity index (χ0v) is 10.5. The van der Waals surface area contributed by atoms with Crippen LogP contribution in [0.3, 0.4) is 0 Å². The quantitative estimate of drug-likeness (QED) is 0.835. The summed E-state index contributed by atoms with van der Waals surface area (Å²) < 4.78 is 11.0. The molecule has 1 aromatic rings. The van der Waals surface area contributed by atoms with Crippen LogP contribution in [0.5, 0.6) is 17.2 Å². The van der Waals surface area contributed by atoms with Crippen molar-refractivity contribution in [2.24, 2.45) is 0 Å². The Balaban J connectivity index is 2.42. The van der Waals surface area contributed by atoms with Crippen LogP contribution in [0.1, 0.15) is 30.6 Å². The van der Waals surface area contributed by atoms with Gasteiger partial charge in [0.1, 0.15) is 35.0 Å². The Morgan fingerprint density at radius 2 is 2.28 bits per heavy atom. The molecule has 0 unspecified atom stereocenters. The molecule has 4 heteroatoms. The van der Waals surface area contributed by atoms with Gasteiger partial charge in [-0.15, -0.1) is 0 Å². The standard InChI is InChI=1S/C14H16O4/c1-4-5-17-9-6-10(15)13-11(16)8-14(2,3)18-12(13)7-9/h4,6-7,15H,1,5,8H2,2-3H3. The lowest BCUT2D eigenvalue weighted by Crippen LogP contribution is -2.35. The first kappa shape index (κ1) is 12.5. The maximum absolute atomic E-state index is 12.0. The number of ether oxygens (including phenoxy) is 2. The third-order valence-corrected chi connectivity index (χ3v) is 2.67. The second-order valence-electron chi connectivity index (χ2n) is 4.88. The van der Waals surface area contributed by atoms with Crippen LogP contribution in [-0.4, -0.2) is 23.1 Å². The lowest BCUT2D eigenvalue weighted by molar-refractivity contribution is 0.0613. The van der Waals surface area contributed by atoms with Gasteiger partial charge < -0.3 is 14.6 Å². The Labute approximate surface area is 106 Å². The van der Waals surface area contributed by atoms with Crippen molar-refractivity contribution in [1.82, 2.24) is 0 Å². The smallest absolute Gasteiger partial charge is 0.174 e. The van der Waals surface area contributed by atoms with E-state index in [-0.39, 0.29) is 23.5 Å². The van der Waals surface area contributed by atoms with E-state index in [1.165, 1.54) is 6.07 Å². The molecular formula is C14H16O4. The summed E-state index contributed by atoms with van der Waals surface area (Å²) >= 11 is 0. The van der Waals surface area contributed by atoms with Gasteiger partial charge in [-0.1, -0.05) is 12.7 Å². The molecule has 0 aliphatic carbocycles. The number of fused-ring (bicyclic) bond motifs is 1. The molecule has 0 spiro atoms. The average Bonchev–Trinajstić information content (AvgIpc) is 2.23. The number of carbonyl (C=O) groups excluding carboxylic acids is 1.